The number of sulfonamides is 1. The molecule has 0 aromatic heterocycles. The highest BCUT2D eigenvalue weighted by atomic mass is 32.2. The first-order chi connectivity index (χ1) is 14.9. The number of aryl methyl sites for hydroxylation is 1. The van der Waals surface area contributed by atoms with Crippen LogP contribution in [0, 0.1) is 12.7 Å². The van der Waals surface area contributed by atoms with Gasteiger partial charge >= 0.3 is 0 Å². The van der Waals surface area contributed by atoms with E-state index in [1.165, 1.54) is 24.3 Å². The van der Waals surface area contributed by atoms with Crippen molar-refractivity contribution in [1.29, 1.82) is 0 Å². The van der Waals surface area contributed by atoms with Gasteiger partial charge in [-0.05, 0) is 79.3 Å². The number of rotatable bonds is 9. The Morgan fingerprint density at radius 1 is 1.12 bits per heavy atom. The summed E-state index contributed by atoms with van der Waals surface area (Å²) in [6.45, 7) is 9.70. The van der Waals surface area contributed by atoms with Crippen LogP contribution in [0.25, 0.3) is 0 Å². The van der Waals surface area contributed by atoms with Gasteiger partial charge in [0, 0.05) is 0 Å². The quantitative estimate of drug-likeness (QED) is 0.584. The second-order valence-corrected chi connectivity index (χ2v) is 10.2. The lowest BCUT2D eigenvalue weighted by Crippen LogP contribution is -2.49. The number of carbonyl (C=O) groups is 1. The lowest BCUT2D eigenvalue weighted by atomic mass is 9.93. The number of benzene rings is 2. The second-order valence-electron chi connectivity index (χ2n) is 8.30. The SMILES string of the molecule is CC[C@H](C(=O)N[C@H](C)c1cc(C(C)C)c(OC)cc1C)N(c1ccc(F)cc1)S(C)(=O)=O. The molecule has 2 aromatic rings. The average molecular weight is 465 g/mol. The molecule has 0 saturated heterocycles. The molecule has 0 aliphatic carbocycles. The van der Waals surface area contributed by atoms with Gasteiger partial charge in [-0.1, -0.05) is 20.8 Å². The minimum atomic E-state index is -3.79. The highest BCUT2D eigenvalue weighted by Crippen LogP contribution is 2.32. The Morgan fingerprint density at radius 3 is 2.19 bits per heavy atom. The number of halogens is 1. The molecule has 32 heavy (non-hydrogen) atoms. The van der Waals surface area contributed by atoms with E-state index in [-0.39, 0.29) is 24.1 Å². The van der Waals surface area contributed by atoms with Crippen LogP contribution in [0.1, 0.15) is 62.8 Å². The van der Waals surface area contributed by atoms with Gasteiger partial charge in [0.15, 0.2) is 0 Å². The third-order valence-electron chi connectivity index (χ3n) is 5.48. The van der Waals surface area contributed by atoms with Crippen molar-refractivity contribution in [2.45, 2.75) is 59.0 Å². The molecule has 0 aliphatic heterocycles. The van der Waals surface area contributed by atoms with E-state index in [0.29, 0.717) is 0 Å². The van der Waals surface area contributed by atoms with Crippen LogP contribution >= 0.6 is 0 Å². The van der Waals surface area contributed by atoms with E-state index in [1.54, 1.807) is 14.0 Å². The summed E-state index contributed by atoms with van der Waals surface area (Å²) in [4.78, 5) is 13.2. The Bertz CT molecular complexity index is 1050. The van der Waals surface area contributed by atoms with Gasteiger partial charge in [0.1, 0.15) is 17.6 Å². The van der Waals surface area contributed by atoms with Gasteiger partial charge in [-0.3, -0.25) is 9.10 Å². The Labute approximate surface area is 190 Å². The van der Waals surface area contributed by atoms with E-state index in [4.69, 9.17) is 4.74 Å². The van der Waals surface area contributed by atoms with Crippen LogP contribution in [0.2, 0.25) is 0 Å². The summed E-state index contributed by atoms with van der Waals surface area (Å²) in [6, 6.07) is 7.72. The van der Waals surface area contributed by atoms with Crippen LogP contribution in [0.5, 0.6) is 5.75 Å². The Balaban J connectivity index is 2.38. The number of nitrogens with one attached hydrogen (secondary N) is 1. The van der Waals surface area contributed by atoms with Crippen molar-refractivity contribution < 1.29 is 22.3 Å². The van der Waals surface area contributed by atoms with Gasteiger partial charge in [0.25, 0.3) is 0 Å². The fourth-order valence-electron chi connectivity index (χ4n) is 3.85. The number of nitrogens with zero attached hydrogens (tertiary/aromatic N) is 1. The predicted octanol–water partition coefficient (Wildman–Crippen LogP) is 4.69. The lowest BCUT2D eigenvalue weighted by molar-refractivity contribution is -0.122. The number of anilines is 1. The van der Waals surface area contributed by atoms with Crippen molar-refractivity contribution in [2.75, 3.05) is 17.7 Å². The summed E-state index contributed by atoms with van der Waals surface area (Å²) in [7, 11) is -2.16. The predicted molar refractivity (Wildman–Crippen MR) is 126 cm³/mol. The minimum Gasteiger partial charge on any atom is -0.496 e. The molecule has 6 nitrogen and oxygen atoms in total. The summed E-state index contributed by atoms with van der Waals surface area (Å²) < 4.78 is 45.0. The molecular weight excluding hydrogens is 431 g/mol. The summed E-state index contributed by atoms with van der Waals surface area (Å²) in [5.74, 6) is 0.126. The maximum atomic E-state index is 13.4. The first kappa shape index (κ1) is 25.6. The van der Waals surface area contributed by atoms with E-state index in [9.17, 15) is 17.6 Å². The molecule has 0 radical (unpaired) electrons. The summed E-state index contributed by atoms with van der Waals surface area (Å²) >= 11 is 0. The zero-order valence-electron chi connectivity index (χ0n) is 19.8. The van der Waals surface area contributed by atoms with Crippen molar-refractivity contribution in [1.82, 2.24) is 5.32 Å². The first-order valence-corrected chi connectivity index (χ1v) is 12.5. The van der Waals surface area contributed by atoms with E-state index in [2.05, 4.69) is 19.2 Å². The van der Waals surface area contributed by atoms with Crippen molar-refractivity contribution in [3.8, 4) is 5.75 Å². The van der Waals surface area contributed by atoms with Gasteiger partial charge in [-0.25, -0.2) is 12.8 Å². The van der Waals surface area contributed by atoms with E-state index < -0.39 is 27.8 Å². The molecule has 0 spiro atoms. The van der Waals surface area contributed by atoms with Gasteiger partial charge < -0.3 is 10.1 Å². The lowest BCUT2D eigenvalue weighted by Gasteiger charge is -2.31. The minimum absolute atomic E-state index is 0.231. The molecule has 8 heteroatoms. The number of methoxy groups -OCH3 is 1. The zero-order chi connectivity index (χ0) is 24.2. The smallest absolute Gasteiger partial charge is 0.244 e. The number of ether oxygens (including phenoxy) is 1. The first-order valence-electron chi connectivity index (χ1n) is 10.6. The number of amides is 1. The fraction of sp³-hybridized carbons (Fsp3) is 0.458. The number of carbonyl (C=O) groups excluding carboxylic acids is 1. The maximum Gasteiger partial charge on any atom is 0.244 e. The third-order valence-corrected chi connectivity index (χ3v) is 6.66. The summed E-state index contributed by atoms with van der Waals surface area (Å²) in [6.07, 6.45) is 1.29. The van der Waals surface area contributed by atoms with Crippen LogP contribution in [-0.2, 0) is 14.8 Å². The van der Waals surface area contributed by atoms with Crippen LogP contribution in [0.15, 0.2) is 36.4 Å². The van der Waals surface area contributed by atoms with Crippen LogP contribution < -0.4 is 14.4 Å². The Kier molecular flexibility index (Phi) is 8.29. The van der Waals surface area contributed by atoms with Gasteiger partial charge in [-0.15, -0.1) is 0 Å². The largest absolute Gasteiger partial charge is 0.496 e. The molecule has 176 valence electrons. The van der Waals surface area contributed by atoms with Crippen molar-refractivity contribution >= 4 is 21.6 Å². The molecule has 0 aliphatic rings. The van der Waals surface area contributed by atoms with E-state index >= 15 is 0 Å². The summed E-state index contributed by atoms with van der Waals surface area (Å²) in [5, 5.41) is 2.97. The second kappa shape index (κ2) is 10.3. The molecule has 1 N–H and O–H groups in total. The molecule has 0 bridgehead atoms. The monoisotopic (exact) mass is 464 g/mol. The molecule has 0 heterocycles. The Morgan fingerprint density at radius 2 is 1.72 bits per heavy atom. The Hall–Kier alpha value is -2.61. The van der Waals surface area contributed by atoms with Gasteiger partial charge in [-0.2, -0.15) is 0 Å². The van der Waals surface area contributed by atoms with Gasteiger partial charge in [0.2, 0.25) is 15.9 Å². The molecule has 2 aromatic carbocycles. The van der Waals surface area contributed by atoms with Crippen LogP contribution in [0.4, 0.5) is 10.1 Å². The standard InChI is InChI=1S/C24H33FN2O4S/c1-8-22(27(32(7,29)30)19-11-9-18(25)10-12-19)24(28)26-17(5)21-14-20(15(2)3)23(31-6)13-16(21)4/h9-15,17,22H,8H2,1-7H3,(H,26,28)/t17-,22-/m1/s1. The van der Waals surface area contributed by atoms with Crippen molar-refractivity contribution in [2.24, 2.45) is 0 Å². The number of hydrogen-bond donors (Lipinski definition) is 1. The van der Waals surface area contributed by atoms with Crippen molar-refractivity contribution in [3.05, 3.63) is 58.9 Å². The van der Waals surface area contributed by atoms with Crippen LogP contribution in [-0.4, -0.2) is 33.7 Å². The third kappa shape index (κ3) is 5.79. The van der Waals surface area contributed by atoms with Crippen molar-refractivity contribution in [3.63, 3.8) is 0 Å². The molecular formula is C24H33FN2O4S. The normalized spacial score (nSPS) is 13.5. The molecule has 2 rings (SSSR count). The van der Waals surface area contributed by atoms with Crippen LogP contribution in [0.3, 0.4) is 0 Å². The zero-order valence-corrected chi connectivity index (χ0v) is 20.6. The van der Waals surface area contributed by atoms with E-state index in [0.717, 1.165) is 33.0 Å². The molecule has 2 atom stereocenters. The average Bonchev–Trinajstić information content (AvgIpc) is 2.71. The topological polar surface area (TPSA) is 75.7 Å². The maximum absolute atomic E-state index is 13.4. The molecule has 1 amide bonds. The van der Waals surface area contributed by atoms with E-state index in [1.807, 2.05) is 26.0 Å². The molecule has 0 unspecified atom stereocenters. The highest BCUT2D eigenvalue weighted by molar-refractivity contribution is 7.92. The molecule has 0 saturated carbocycles. The molecule has 0 fully saturated rings. The highest BCUT2D eigenvalue weighted by Gasteiger charge is 2.32. The number of hydrogen-bond acceptors (Lipinski definition) is 4. The summed E-state index contributed by atoms with van der Waals surface area (Å²) in [5.41, 5.74) is 3.17. The van der Waals surface area contributed by atoms with Gasteiger partial charge in [0.05, 0.1) is 25.1 Å². The fourth-order valence-corrected chi connectivity index (χ4v) is 5.06.